The first-order valence-corrected chi connectivity index (χ1v) is 9.40. The number of aromatic nitrogens is 4. The standard InChI is InChI=1S/C22H16F3N5O2/c1-14-26-11-12-30(14)19-9-10-20(29-28-19)32-18-7-5-17(6-8-18)27-21(31)15-3-2-4-16(13-15)22(23,24)25/h2-13H,1H3,(H,27,31). The van der Waals surface area contributed by atoms with Crippen molar-refractivity contribution in [3.63, 3.8) is 0 Å². The second-order valence-corrected chi connectivity index (χ2v) is 6.73. The van der Waals surface area contributed by atoms with Gasteiger partial charge in [-0.15, -0.1) is 10.2 Å². The number of alkyl halides is 3. The van der Waals surface area contributed by atoms with Crippen molar-refractivity contribution in [3.8, 4) is 17.4 Å². The predicted molar refractivity (Wildman–Crippen MR) is 110 cm³/mol. The average molecular weight is 439 g/mol. The molecule has 0 atom stereocenters. The maximum atomic E-state index is 12.8. The molecule has 1 N–H and O–H groups in total. The molecule has 7 nitrogen and oxygen atoms in total. The number of hydrogen-bond acceptors (Lipinski definition) is 5. The van der Waals surface area contributed by atoms with Crippen LogP contribution in [0.5, 0.6) is 11.6 Å². The molecule has 0 unspecified atom stereocenters. The Balaban J connectivity index is 1.40. The predicted octanol–water partition coefficient (Wildman–Crippen LogP) is 5.03. The molecule has 0 saturated heterocycles. The van der Waals surface area contributed by atoms with Crippen LogP contribution in [-0.2, 0) is 6.18 Å². The highest BCUT2D eigenvalue weighted by Crippen LogP contribution is 2.30. The quantitative estimate of drug-likeness (QED) is 0.472. The minimum atomic E-state index is -4.52. The molecule has 0 radical (unpaired) electrons. The summed E-state index contributed by atoms with van der Waals surface area (Å²) in [4.78, 5) is 16.4. The summed E-state index contributed by atoms with van der Waals surface area (Å²) >= 11 is 0. The molecule has 2 aromatic heterocycles. The Morgan fingerprint density at radius 1 is 1.03 bits per heavy atom. The molecule has 10 heteroatoms. The second kappa shape index (κ2) is 8.50. The van der Waals surface area contributed by atoms with E-state index in [9.17, 15) is 18.0 Å². The fourth-order valence-corrected chi connectivity index (χ4v) is 2.88. The first-order chi connectivity index (χ1) is 15.3. The summed E-state index contributed by atoms with van der Waals surface area (Å²) in [5.74, 6) is 1.44. The molecule has 1 amide bonds. The van der Waals surface area contributed by atoms with Crippen molar-refractivity contribution < 1.29 is 22.7 Å². The summed E-state index contributed by atoms with van der Waals surface area (Å²) in [5.41, 5.74) is -0.579. The van der Waals surface area contributed by atoms with Crippen LogP contribution in [0.3, 0.4) is 0 Å². The Bertz CT molecular complexity index is 1240. The van der Waals surface area contributed by atoms with Crippen LogP contribution in [0.4, 0.5) is 18.9 Å². The van der Waals surface area contributed by atoms with E-state index >= 15 is 0 Å². The van der Waals surface area contributed by atoms with Gasteiger partial charge in [0.25, 0.3) is 5.91 Å². The summed E-state index contributed by atoms with van der Waals surface area (Å²) in [6, 6.07) is 13.9. The lowest BCUT2D eigenvalue weighted by atomic mass is 10.1. The average Bonchev–Trinajstić information content (AvgIpc) is 3.21. The van der Waals surface area contributed by atoms with Crippen molar-refractivity contribution in [1.82, 2.24) is 19.7 Å². The van der Waals surface area contributed by atoms with Gasteiger partial charge in [0.05, 0.1) is 5.56 Å². The molecular formula is C22H16F3N5O2. The van der Waals surface area contributed by atoms with Crippen molar-refractivity contribution in [3.05, 3.63) is 90.0 Å². The smallest absolute Gasteiger partial charge is 0.416 e. The fraction of sp³-hybridized carbons (Fsp3) is 0.0909. The molecule has 4 aromatic rings. The van der Waals surface area contributed by atoms with Crippen molar-refractivity contribution in [2.24, 2.45) is 0 Å². The maximum Gasteiger partial charge on any atom is 0.416 e. The number of rotatable bonds is 5. The Kier molecular flexibility index (Phi) is 5.59. The molecule has 0 fully saturated rings. The third-order valence-corrected chi connectivity index (χ3v) is 4.49. The third-order valence-electron chi connectivity index (χ3n) is 4.49. The van der Waals surface area contributed by atoms with E-state index in [4.69, 9.17) is 4.74 Å². The Labute approximate surface area is 180 Å². The normalized spacial score (nSPS) is 11.2. The molecule has 32 heavy (non-hydrogen) atoms. The minimum absolute atomic E-state index is 0.0938. The van der Waals surface area contributed by atoms with Gasteiger partial charge in [0, 0.05) is 29.7 Å². The van der Waals surface area contributed by atoms with Gasteiger partial charge in [-0.3, -0.25) is 9.36 Å². The highest BCUT2D eigenvalue weighted by molar-refractivity contribution is 6.04. The molecule has 4 rings (SSSR count). The summed E-state index contributed by atoms with van der Waals surface area (Å²) in [7, 11) is 0. The topological polar surface area (TPSA) is 81.9 Å². The number of aryl methyl sites for hydroxylation is 1. The van der Waals surface area contributed by atoms with E-state index in [1.54, 1.807) is 53.4 Å². The molecule has 162 valence electrons. The van der Waals surface area contributed by atoms with E-state index in [1.165, 1.54) is 12.1 Å². The second-order valence-electron chi connectivity index (χ2n) is 6.73. The highest BCUT2D eigenvalue weighted by Gasteiger charge is 2.30. The molecule has 2 aromatic carbocycles. The minimum Gasteiger partial charge on any atom is -0.438 e. The number of ether oxygens (including phenoxy) is 1. The number of nitrogens with one attached hydrogen (secondary N) is 1. The van der Waals surface area contributed by atoms with Gasteiger partial charge in [-0.1, -0.05) is 6.07 Å². The van der Waals surface area contributed by atoms with Crippen LogP contribution in [0.25, 0.3) is 5.82 Å². The van der Waals surface area contributed by atoms with Gasteiger partial charge >= 0.3 is 6.18 Å². The van der Waals surface area contributed by atoms with Crippen LogP contribution >= 0.6 is 0 Å². The van der Waals surface area contributed by atoms with Crippen molar-refractivity contribution in [1.29, 1.82) is 0 Å². The molecule has 0 saturated carbocycles. The monoisotopic (exact) mass is 439 g/mol. The molecule has 0 aliphatic carbocycles. The zero-order valence-electron chi connectivity index (χ0n) is 16.7. The molecule has 0 aliphatic heterocycles. The maximum absolute atomic E-state index is 12.8. The van der Waals surface area contributed by atoms with E-state index < -0.39 is 17.6 Å². The molecule has 0 bridgehead atoms. The molecule has 0 spiro atoms. The summed E-state index contributed by atoms with van der Waals surface area (Å²) in [5, 5.41) is 10.7. The van der Waals surface area contributed by atoms with E-state index in [0.717, 1.165) is 18.0 Å². The zero-order valence-corrected chi connectivity index (χ0v) is 16.7. The lowest BCUT2D eigenvalue weighted by Gasteiger charge is -2.10. The molecular weight excluding hydrogens is 423 g/mol. The number of halogens is 3. The van der Waals surface area contributed by atoms with Crippen LogP contribution in [-0.4, -0.2) is 25.7 Å². The lowest BCUT2D eigenvalue weighted by Crippen LogP contribution is -2.13. The Morgan fingerprint density at radius 2 is 1.81 bits per heavy atom. The first kappa shape index (κ1) is 21.0. The van der Waals surface area contributed by atoms with E-state index in [0.29, 0.717) is 17.3 Å². The number of imidazole rings is 1. The van der Waals surface area contributed by atoms with Crippen molar-refractivity contribution in [2.45, 2.75) is 13.1 Å². The van der Waals surface area contributed by atoms with Crippen molar-refractivity contribution in [2.75, 3.05) is 5.32 Å². The number of anilines is 1. The van der Waals surface area contributed by atoms with Crippen LogP contribution in [0.1, 0.15) is 21.7 Å². The van der Waals surface area contributed by atoms with Gasteiger partial charge in [0.15, 0.2) is 5.82 Å². The van der Waals surface area contributed by atoms with Gasteiger partial charge in [0.1, 0.15) is 11.6 Å². The van der Waals surface area contributed by atoms with Crippen LogP contribution < -0.4 is 10.1 Å². The summed E-state index contributed by atoms with van der Waals surface area (Å²) < 4.78 is 45.9. The van der Waals surface area contributed by atoms with E-state index in [2.05, 4.69) is 20.5 Å². The number of hydrogen-bond donors (Lipinski definition) is 1. The summed E-state index contributed by atoms with van der Waals surface area (Å²) in [6.07, 6.45) is -1.09. The molecule has 2 heterocycles. The first-order valence-electron chi connectivity index (χ1n) is 9.40. The zero-order chi connectivity index (χ0) is 22.7. The van der Waals surface area contributed by atoms with Gasteiger partial charge in [-0.25, -0.2) is 4.98 Å². The largest absolute Gasteiger partial charge is 0.438 e. The van der Waals surface area contributed by atoms with Gasteiger partial charge in [-0.05, 0) is 55.5 Å². The van der Waals surface area contributed by atoms with Crippen LogP contribution in [0.2, 0.25) is 0 Å². The number of nitrogens with zero attached hydrogens (tertiary/aromatic N) is 4. The van der Waals surface area contributed by atoms with Crippen molar-refractivity contribution >= 4 is 11.6 Å². The number of carbonyl (C=O) groups excluding carboxylic acids is 1. The molecule has 0 aliphatic rings. The van der Waals surface area contributed by atoms with Gasteiger partial charge in [-0.2, -0.15) is 13.2 Å². The third kappa shape index (κ3) is 4.75. The van der Waals surface area contributed by atoms with E-state index in [1.807, 2.05) is 6.92 Å². The van der Waals surface area contributed by atoms with E-state index in [-0.39, 0.29) is 11.4 Å². The number of benzene rings is 2. The number of carbonyl (C=O) groups is 1. The van der Waals surface area contributed by atoms with Gasteiger partial charge < -0.3 is 10.1 Å². The SMILES string of the molecule is Cc1nccn1-c1ccc(Oc2ccc(NC(=O)c3cccc(C(F)(F)F)c3)cc2)nn1. The van der Waals surface area contributed by atoms with Gasteiger partial charge in [0.2, 0.25) is 5.88 Å². The Morgan fingerprint density at radius 3 is 2.44 bits per heavy atom. The van der Waals surface area contributed by atoms with Crippen LogP contribution in [0.15, 0.2) is 73.1 Å². The lowest BCUT2D eigenvalue weighted by molar-refractivity contribution is -0.137. The summed E-state index contributed by atoms with van der Waals surface area (Å²) in [6.45, 7) is 1.85. The fourth-order valence-electron chi connectivity index (χ4n) is 2.88. The number of amides is 1. The Hall–Kier alpha value is -4.21. The van der Waals surface area contributed by atoms with Crippen LogP contribution in [0, 0.1) is 6.92 Å². The highest BCUT2D eigenvalue weighted by atomic mass is 19.4.